The van der Waals surface area contributed by atoms with Crippen LogP contribution in [-0.4, -0.2) is 36.0 Å². The minimum atomic E-state index is -0.536. The summed E-state index contributed by atoms with van der Waals surface area (Å²) in [7, 11) is 0. The Morgan fingerprint density at radius 2 is 1.95 bits per heavy atom. The van der Waals surface area contributed by atoms with Crippen molar-refractivity contribution < 1.29 is 9.18 Å². The number of nitrogens with one attached hydrogen (secondary N) is 3. The smallest absolute Gasteiger partial charge is 0.227 e. The molecule has 0 aliphatic heterocycles. The van der Waals surface area contributed by atoms with Crippen molar-refractivity contribution in [1.82, 2.24) is 30.1 Å². The Balaban J connectivity index is 1.28. The molecule has 188 valence electrons. The van der Waals surface area contributed by atoms with Crippen LogP contribution in [0.5, 0.6) is 0 Å². The van der Waals surface area contributed by atoms with Gasteiger partial charge in [-0.05, 0) is 47.4 Å². The van der Waals surface area contributed by atoms with Crippen LogP contribution in [0.25, 0.3) is 55.8 Å². The Labute approximate surface area is 220 Å². The molecule has 0 spiro atoms. The minimum Gasteiger partial charge on any atom is -0.337 e. The summed E-state index contributed by atoms with van der Waals surface area (Å²) in [5.41, 5.74) is 5.64. The van der Waals surface area contributed by atoms with E-state index in [-0.39, 0.29) is 22.9 Å². The Hall–Kier alpha value is -4.44. The molecule has 1 amide bonds. The molecular formula is C28H22FN7OS. The fraction of sp³-hybridized carbons (Fsp3) is 0.179. The third-order valence-corrected chi connectivity index (χ3v) is 7.80. The number of imidazole rings is 1. The molecule has 0 bridgehead atoms. The molecule has 10 heteroatoms. The molecule has 1 fully saturated rings. The topological polar surface area (TPSA) is 112 Å². The predicted octanol–water partition coefficient (Wildman–Crippen LogP) is 6.56. The van der Waals surface area contributed by atoms with Crippen LogP contribution in [0.3, 0.4) is 0 Å². The second-order valence-corrected chi connectivity index (χ2v) is 10.3. The van der Waals surface area contributed by atoms with E-state index in [1.807, 2.05) is 29.6 Å². The average molecular weight is 524 g/mol. The number of carbonyl (C=O) groups excluding carboxylic acids is 1. The van der Waals surface area contributed by atoms with E-state index >= 15 is 4.39 Å². The zero-order valence-corrected chi connectivity index (χ0v) is 21.0. The molecule has 1 aliphatic rings. The number of aromatic nitrogens is 6. The number of para-hydroxylation sites is 1. The highest BCUT2D eigenvalue weighted by atomic mass is 32.1. The predicted molar refractivity (Wildman–Crippen MR) is 146 cm³/mol. The monoisotopic (exact) mass is 523 g/mol. The minimum absolute atomic E-state index is 0.0161. The number of amides is 1. The van der Waals surface area contributed by atoms with Gasteiger partial charge in [-0.15, -0.1) is 0 Å². The maximum Gasteiger partial charge on any atom is 0.227 e. The number of pyridine rings is 2. The van der Waals surface area contributed by atoms with E-state index in [4.69, 9.17) is 4.98 Å². The number of halogens is 1. The molecular weight excluding hydrogens is 501 g/mol. The van der Waals surface area contributed by atoms with Crippen molar-refractivity contribution in [3.05, 3.63) is 65.5 Å². The molecule has 1 aliphatic carbocycles. The summed E-state index contributed by atoms with van der Waals surface area (Å²) in [6.07, 6.45) is 8.58. The van der Waals surface area contributed by atoms with E-state index < -0.39 is 5.82 Å². The molecule has 0 atom stereocenters. The second-order valence-electron chi connectivity index (χ2n) is 9.51. The molecule has 0 radical (unpaired) electrons. The zero-order valence-electron chi connectivity index (χ0n) is 20.2. The lowest BCUT2D eigenvalue weighted by Crippen LogP contribution is -2.20. The summed E-state index contributed by atoms with van der Waals surface area (Å²) in [4.78, 5) is 29.3. The number of rotatable bonds is 5. The molecule has 3 N–H and O–H groups in total. The Kier molecular flexibility index (Phi) is 5.47. The molecule has 6 aromatic rings. The van der Waals surface area contributed by atoms with Gasteiger partial charge in [-0.2, -0.15) is 16.4 Å². The number of fused-ring (bicyclic) bond motifs is 2. The van der Waals surface area contributed by atoms with Crippen LogP contribution in [0.2, 0.25) is 0 Å². The standard InChI is InChI=1S/C28H22FN7OS/c29-23-22-21(13-31-24(23)17-10-18(12-30-11-17)32-28(37)15-4-1-2-5-15)35-36-26(22)27-33-20-7-3-6-19(25(20)34-27)16-8-9-38-14-16/h3,6-15H,1-2,4-5H2,(H,32,37)(H,33,34)(H,35,36). The summed E-state index contributed by atoms with van der Waals surface area (Å²) in [5.74, 6) is -0.0805. The number of hydrogen-bond donors (Lipinski definition) is 3. The Bertz CT molecular complexity index is 1800. The van der Waals surface area contributed by atoms with Crippen LogP contribution >= 0.6 is 11.3 Å². The van der Waals surface area contributed by atoms with E-state index in [1.165, 1.54) is 6.20 Å². The van der Waals surface area contributed by atoms with Crippen LogP contribution in [0.1, 0.15) is 25.7 Å². The molecule has 5 aromatic heterocycles. The van der Waals surface area contributed by atoms with Crippen LogP contribution in [0.4, 0.5) is 10.1 Å². The van der Waals surface area contributed by atoms with Crippen LogP contribution < -0.4 is 5.32 Å². The first-order chi connectivity index (χ1) is 18.7. The van der Waals surface area contributed by atoms with Crippen molar-refractivity contribution in [2.24, 2.45) is 5.92 Å². The van der Waals surface area contributed by atoms with Crippen molar-refractivity contribution in [3.63, 3.8) is 0 Å². The maximum absolute atomic E-state index is 16.1. The molecule has 8 nitrogen and oxygen atoms in total. The van der Waals surface area contributed by atoms with Gasteiger partial charge in [0.05, 0.1) is 40.0 Å². The number of anilines is 1. The first kappa shape index (κ1) is 22.7. The van der Waals surface area contributed by atoms with Gasteiger partial charge in [0, 0.05) is 23.2 Å². The van der Waals surface area contributed by atoms with Gasteiger partial charge in [0.15, 0.2) is 11.6 Å². The number of nitrogens with zero attached hydrogens (tertiary/aromatic N) is 4. The summed E-state index contributed by atoms with van der Waals surface area (Å²) in [6.45, 7) is 0. The number of hydrogen-bond acceptors (Lipinski definition) is 6. The Morgan fingerprint density at radius 1 is 1.05 bits per heavy atom. The third kappa shape index (κ3) is 3.84. The third-order valence-electron chi connectivity index (χ3n) is 7.12. The van der Waals surface area contributed by atoms with E-state index in [1.54, 1.807) is 29.8 Å². The van der Waals surface area contributed by atoms with Gasteiger partial charge in [-0.25, -0.2) is 9.37 Å². The second kappa shape index (κ2) is 9.14. The normalized spacial score (nSPS) is 14.0. The first-order valence-corrected chi connectivity index (χ1v) is 13.4. The van der Waals surface area contributed by atoms with Gasteiger partial charge in [-0.1, -0.05) is 25.0 Å². The van der Waals surface area contributed by atoms with Crippen LogP contribution in [-0.2, 0) is 4.79 Å². The zero-order chi connectivity index (χ0) is 25.6. The lowest BCUT2D eigenvalue weighted by Gasteiger charge is -2.11. The molecule has 1 saturated carbocycles. The fourth-order valence-electron chi connectivity index (χ4n) is 5.21. The first-order valence-electron chi connectivity index (χ1n) is 12.5. The van der Waals surface area contributed by atoms with Gasteiger partial charge >= 0.3 is 0 Å². The lowest BCUT2D eigenvalue weighted by atomic mass is 10.1. The SMILES string of the molecule is O=C(Nc1cncc(-c2ncc3[nH]nc(-c4nc5c(-c6ccsc6)cccc5[nH]4)c3c2F)c1)C1CCCC1. The molecule has 1 aromatic carbocycles. The van der Waals surface area contributed by atoms with Crippen LogP contribution in [0.15, 0.2) is 59.7 Å². The summed E-state index contributed by atoms with van der Waals surface area (Å²) < 4.78 is 16.1. The van der Waals surface area contributed by atoms with E-state index in [0.717, 1.165) is 47.8 Å². The largest absolute Gasteiger partial charge is 0.337 e. The van der Waals surface area contributed by atoms with Crippen molar-refractivity contribution in [3.8, 4) is 33.9 Å². The highest BCUT2D eigenvalue weighted by Gasteiger charge is 2.24. The van der Waals surface area contributed by atoms with Crippen molar-refractivity contribution in [1.29, 1.82) is 0 Å². The van der Waals surface area contributed by atoms with Gasteiger partial charge in [-0.3, -0.25) is 19.9 Å². The quantitative estimate of drug-likeness (QED) is 0.237. The van der Waals surface area contributed by atoms with Gasteiger partial charge < -0.3 is 10.3 Å². The summed E-state index contributed by atoms with van der Waals surface area (Å²) in [5, 5.41) is 14.6. The van der Waals surface area contributed by atoms with Gasteiger partial charge in [0.25, 0.3) is 0 Å². The molecule has 0 saturated heterocycles. The van der Waals surface area contributed by atoms with Crippen LogP contribution in [0, 0.1) is 11.7 Å². The highest BCUT2D eigenvalue weighted by molar-refractivity contribution is 7.08. The van der Waals surface area contributed by atoms with Crippen molar-refractivity contribution in [2.75, 3.05) is 5.32 Å². The van der Waals surface area contributed by atoms with E-state index in [2.05, 4.69) is 35.8 Å². The number of aromatic amines is 2. The number of carbonyl (C=O) groups is 1. The number of thiophene rings is 1. The fourth-order valence-corrected chi connectivity index (χ4v) is 5.87. The molecule has 0 unspecified atom stereocenters. The van der Waals surface area contributed by atoms with Crippen molar-refractivity contribution >= 4 is 44.9 Å². The summed E-state index contributed by atoms with van der Waals surface area (Å²) in [6, 6.07) is 9.68. The number of benzene rings is 1. The molecule has 7 rings (SSSR count). The van der Waals surface area contributed by atoms with Gasteiger partial charge in [0.2, 0.25) is 5.91 Å². The Morgan fingerprint density at radius 3 is 2.79 bits per heavy atom. The van der Waals surface area contributed by atoms with Gasteiger partial charge in [0.1, 0.15) is 11.4 Å². The average Bonchev–Trinajstić information content (AvgIpc) is 3.74. The molecule has 38 heavy (non-hydrogen) atoms. The lowest BCUT2D eigenvalue weighted by molar-refractivity contribution is -0.119. The summed E-state index contributed by atoms with van der Waals surface area (Å²) >= 11 is 1.62. The maximum atomic E-state index is 16.1. The number of H-pyrrole nitrogens is 2. The highest BCUT2D eigenvalue weighted by Crippen LogP contribution is 2.35. The molecule has 5 heterocycles. The van der Waals surface area contributed by atoms with E-state index in [0.29, 0.717) is 28.3 Å². The van der Waals surface area contributed by atoms with E-state index in [9.17, 15) is 4.79 Å². The van der Waals surface area contributed by atoms with Crippen molar-refractivity contribution in [2.45, 2.75) is 25.7 Å².